The van der Waals surface area contributed by atoms with Crippen molar-refractivity contribution in [2.75, 3.05) is 0 Å². The predicted molar refractivity (Wildman–Crippen MR) is 72.4 cm³/mol. The van der Waals surface area contributed by atoms with Crippen LogP contribution in [0, 0.1) is 3.57 Å². The van der Waals surface area contributed by atoms with E-state index in [4.69, 9.17) is 11.6 Å². The summed E-state index contributed by atoms with van der Waals surface area (Å²) in [5.74, 6) is 0. The van der Waals surface area contributed by atoms with Crippen LogP contribution in [-0.4, -0.2) is 9.55 Å². The average Bonchev–Trinajstić information content (AvgIpc) is 2.17. The van der Waals surface area contributed by atoms with E-state index in [-0.39, 0.29) is 10.8 Å². The molecular formula is C9H5BrClIN2O. The number of fused-ring (bicyclic) bond motifs is 1. The van der Waals surface area contributed by atoms with Crippen LogP contribution in [0.3, 0.4) is 0 Å². The summed E-state index contributed by atoms with van der Waals surface area (Å²) in [7, 11) is 1.60. The summed E-state index contributed by atoms with van der Waals surface area (Å²) in [5.41, 5.74) is 0.465. The Morgan fingerprint density at radius 2 is 2.20 bits per heavy atom. The molecule has 15 heavy (non-hydrogen) atoms. The first-order chi connectivity index (χ1) is 7.00. The summed E-state index contributed by atoms with van der Waals surface area (Å²) < 4.78 is 3.09. The van der Waals surface area contributed by atoms with Crippen LogP contribution in [0.15, 0.2) is 21.4 Å². The number of hydrogen-bond donors (Lipinski definition) is 0. The molecule has 0 saturated carbocycles. The third kappa shape index (κ3) is 1.92. The lowest BCUT2D eigenvalue weighted by molar-refractivity contribution is 0.844. The van der Waals surface area contributed by atoms with Gasteiger partial charge in [0.2, 0.25) is 5.28 Å². The maximum atomic E-state index is 11.9. The van der Waals surface area contributed by atoms with E-state index in [1.54, 1.807) is 13.1 Å². The third-order valence-corrected chi connectivity index (χ3v) is 3.61. The van der Waals surface area contributed by atoms with Crippen molar-refractivity contribution in [3.8, 4) is 0 Å². The molecule has 0 N–H and O–H groups in total. The number of nitrogens with zero attached hydrogens (tertiary/aromatic N) is 2. The molecule has 2 aromatic rings. The summed E-state index contributed by atoms with van der Waals surface area (Å²) in [4.78, 5) is 16.0. The Kier molecular flexibility index (Phi) is 3.05. The Bertz CT molecular complexity index is 611. The zero-order chi connectivity index (χ0) is 11.2. The van der Waals surface area contributed by atoms with Gasteiger partial charge >= 0.3 is 0 Å². The number of rotatable bonds is 0. The monoisotopic (exact) mass is 398 g/mol. The fourth-order valence-corrected chi connectivity index (χ4v) is 3.04. The number of halogens is 3. The van der Waals surface area contributed by atoms with Crippen molar-refractivity contribution in [1.29, 1.82) is 0 Å². The number of aromatic nitrogens is 2. The lowest BCUT2D eigenvalue weighted by Crippen LogP contribution is -2.18. The zero-order valence-corrected chi connectivity index (χ0v) is 12.1. The van der Waals surface area contributed by atoms with E-state index in [1.165, 1.54) is 4.57 Å². The van der Waals surface area contributed by atoms with Gasteiger partial charge in [0.15, 0.2) is 0 Å². The molecule has 0 amide bonds. The van der Waals surface area contributed by atoms with E-state index in [2.05, 4.69) is 43.5 Å². The molecule has 2 rings (SSSR count). The lowest BCUT2D eigenvalue weighted by atomic mass is 10.2. The molecular weight excluding hydrogens is 394 g/mol. The quantitative estimate of drug-likeness (QED) is 0.504. The highest BCUT2D eigenvalue weighted by Gasteiger charge is 2.09. The third-order valence-electron chi connectivity index (χ3n) is 2.04. The summed E-state index contributed by atoms with van der Waals surface area (Å²) in [5, 5.41) is 0.759. The normalized spacial score (nSPS) is 10.9. The van der Waals surface area contributed by atoms with Crippen LogP contribution in [0.25, 0.3) is 10.9 Å². The molecule has 0 saturated heterocycles. The standard InChI is InChI=1S/C9H5BrClIN2O/c1-14-8(15)5-2-4(12)3-6(10)7(5)13-9(14)11/h2-3H,1H3. The summed E-state index contributed by atoms with van der Waals surface area (Å²) >= 11 is 11.4. The van der Waals surface area contributed by atoms with Crippen LogP contribution in [0.2, 0.25) is 5.28 Å². The largest absolute Gasteiger partial charge is 0.286 e. The van der Waals surface area contributed by atoms with Crippen LogP contribution < -0.4 is 5.56 Å². The Morgan fingerprint density at radius 3 is 2.87 bits per heavy atom. The fourth-order valence-electron chi connectivity index (χ4n) is 1.27. The van der Waals surface area contributed by atoms with E-state index >= 15 is 0 Å². The lowest BCUT2D eigenvalue weighted by Gasteiger charge is -2.05. The first kappa shape index (κ1) is 11.3. The molecule has 0 unspecified atom stereocenters. The van der Waals surface area contributed by atoms with Crippen molar-refractivity contribution in [3.05, 3.63) is 35.8 Å². The molecule has 3 nitrogen and oxygen atoms in total. The Labute approximate surface area is 113 Å². The SMILES string of the molecule is Cn1c(Cl)nc2c(Br)cc(I)cc2c1=O. The molecule has 1 aromatic carbocycles. The van der Waals surface area contributed by atoms with E-state index < -0.39 is 0 Å². The van der Waals surface area contributed by atoms with Gasteiger partial charge in [0.1, 0.15) is 0 Å². The second kappa shape index (κ2) is 4.03. The summed E-state index contributed by atoms with van der Waals surface area (Å²) in [6.07, 6.45) is 0. The molecule has 0 fully saturated rings. The smallest absolute Gasteiger partial charge is 0.262 e. The molecule has 0 aliphatic heterocycles. The molecule has 1 heterocycles. The van der Waals surface area contributed by atoms with Crippen LogP contribution in [-0.2, 0) is 7.05 Å². The Balaban J connectivity index is 3.06. The molecule has 0 atom stereocenters. The van der Waals surface area contributed by atoms with Gasteiger partial charge in [-0.3, -0.25) is 9.36 Å². The van der Waals surface area contributed by atoms with Crippen molar-refractivity contribution < 1.29 is 0 Å². The Hall–Kier alpha value is -0.140. The van der Waals surface area contributed by atoms with Crippen molar-refractivity contribution in [2.24, 2.45) is 7.05 Å². The first-order valence-corrected chi connectivity index (χ1v) is 6.27. The fraction of sp³-hybridized carbons (Fsp3) is 0.111. The van der Waals surface area contributed by atoms with E-state index in [9.17, 15) is 4.79 Å². The average molecular weight is 399 g/mol. The van der Waals surface area contributed by atoms with Crippen molar-refractivity contribution >= 4 is 61.0 Å². The van der Waals surface area contributed by atoms with E-state index in [0.29, 0.717) is 10.9 Å². The van der Waals surface area contributed by atoms with Gasteiger partial charge in [0.25, 0.3) is 5.56 Å². The molecule has 0 aliphatic rings. The molecule has 0 aliphatic carbocycles. The second-order valence-electron chi connectivity index (χ2n) is 3.03. The van der Waals surface area contributed by atoms with E-state index in [1.807, 2.05) is 6.07 Å². The first-order valence-electron chi connectivity index (χ1n) is 4.02. The van der Waals surface area contributed by atoms with Crippen molar-refractivity contribution in [2.45, 2.75) is 0 Å². The van der Waals surface area contributed by atoms with Gasteiger partial charge in [-0.05, 0) is 62.3 Å². The highest BCUT2D eigenvalue weighted by molar-refractivity contribution is 14.1. The van der Waals surface area contributed by atoms with Crippen LogP contribution in [0.4, 0.5) is 0 Å². The zero-order valence-electron chi connectivity index (χ0n) is 7.59. The minimum Gasteiger partial charge on any atom is -0.286 e. The van der Waals surface area contributed by atoms with Crippen molar-refractivity contribution in [3.63, 3.8) is 0 Å². The van der Waals surface area contributed by atoms with Crippen molar-refractivity contribution in [1.82, 2.24) is 9.55 Å². The topological polar surface area (TPSA) is 34.9 Å². The van der Waals surface area contributed by atoms with Gasteiger partial charge < -0.3 is 0 Å². The van der Waals surface area contributed by atoms with Gasteiger partial charge in [-0.25, -0.2) is 4.98 Å². The van der Waals surface area contributed by atoms with Gasteiger partial charge in [0, 0.05) is 15.1 Å². The molecule has 1 aromatic heterocycles. The highest BCUT2D eigenvalue weighted by atomic mass is 127. The molecule has 0 radical (unpaired) electrons. The van der Waals surface area contributed by atoms with Gasteiger partial charge in [0.05, 0.1) is 10.9 Å². The Morgan fingerprint density at radius 1 is 1.53 bits per heavy atom. The summed E-state index contributed by atoms with van der Waals surface area (Å²) in [6.45, 7) is 0. The van der Waals surface area contributed by atoms with Crippen LogP contribution in [0.5, 0.6) is 0 Å². The van der Waals surface area contributed by atoms with Gasteiger partial charge in [-0.1, -0.05) is 0 Å². The number of benzene rings is 1. The number of hydrogen-bond acceptors (Lipinski definition) is 2. The van der Waals surface area contributed by atoms with Gasteiger partial charge in [-0.15, -0.1) is 0 Å². The highest BCUT2D eigenvalue weighted by Crippen LogP contribution is 2.24. The minimum atomic E-state index is -0.135. The molecule has 0 bridgehead atoms. The van der Waals surface area contributed by atoms with E-state index in [0.717, 1.165) is 8.04 Å². The predicted octanol–water partition coefficient (Wildman–Crippen LogP) is 2.95. The van der Waals surface area contributed by atoms with Gasteiger partial charge in [-0.2, -0.15) is 0 Å². The maximum Gasteiger partial charge on any atom is 0.262 e. The summed E-state index contributed by atoms with van der Waals surface area (Å²) in [6, 6.07) is 3.69. The second-order valence-corrected chi connectivity index (χ2v) is 5.47. The maximum absolute atomic E-state index is 11.9. The molecule has 0 spiro atoms. The minimum absolute atomic E-state index is 0.135. The molecule has 6 heteroatoms. The van der Waals surface area contributed by atoms with Crippen LogP contribution >= 0.6 is 50.1 Å². The molecule has 78 valence electrons. The van der Waals surface area contributed by atoms with Crippen LogP contribution in [0.1, 0.15) is 0 Å².